The van der Waals surface area contributed by atoms with E-state index in [9.17, 15) is 14.4 Å². The molecule has 2 heterocycles. The number of amides is 1. The smallest absolute Gasteiger partial charge is 0.359 e. The maximum atomic E-state index is 12.4. The van der Waals surface area contributed by atoms with E-state index in [-0.39, 0.29) is 29.8 Å². The summed E-state index contributed by atoms with van der Waals surface area (Å²) in [7, 11) is 1.48. The fraction of sp³-hybridized carbons (Fsp3) is 0.444. The maximum absolute atomic E-state index is 12.4. The van der Waals surface area contributed by atoms with Gasteiger partial charge in [0.1, 0.15) is 0 Å². The van der Waals surface area contributed by atoms with Crippen LogP contribution in [0.5, 0.6) is 0 Å². The molecule has 1 aliphatic heterocycles. The summed E-state index contributed by atoms with van der Waals surface area (Å²) >= 11 is 0. The third-order valence-electron chi connectivity index (χ3n) is 4.60. The molecule has 132 valence electrons. The molecule has 0 bridgehead atoms. The van der Waals surface area contributed by atoms with E-state index >= 15 is 0 Å². The van der Waals surface area contributed by atoms with Gasteiger partial charge >= 0.3 is 5.97 Å². The minimum atomic E-state index is -0.704. The van der Waals surface area contributed by atoms with Gasteiger partial charge < -0.3 is 9.64 Å². The third kappa shape index (κ3) is 3.40. The lowest BCUT2D eigenvalue weighted by Crippen LogP contribution is -2.44. The summed E-state index contributed by atoms with van der Waals surface area (Å²) in [5.41, 5.74) is -0.248. The Hall–Kier alpha value is -2.70. The first-order chi connectivity index (χ1) is 12.0. The molecule has 1 atom stereocenters. The van der Waals surface area contributed by atoms with Gasteiger partial charge in [-0.2, -0.15) is 5.10 Å². The minimum absolute atomic E-state index is 0.0391. The molecule has 0 saturated carbocycles. The van der Waals surface area contributed by atoms with Crippen LogP contribution in [-0.2, 0) is 16.6 Å². The van der Waals surface area contributed by atoms with Gasteiger partial charge in [-0.1, -0.05) is 18.2 Å². The summed E-state index contributed by atoms with van der Waals surface area (Å²) in [5.74, 6) is -0.903. The van der Waals surface area contributed by atoms with E-state index in [0.717, 1.165) is 23.9 Å². The van der Waals surface area contributed by atoms with Gasteiger partial charge in [-0.15, -0.1) is 0 Å². The lowest BCUT2D eigenvalue weighted by molar-refractivity contribution is -0.137. The second-order valence-electron chi connectivity index (χ2n) is 6.33. The monoisotopic (exact) mass is 343 g/mol. The molecule has 1 aromatic carbocycles. The standard InChI is InChI=1S/C18H21N3O4/c1-12-7-5-6-10-21(12)15(22)11-25-18(24)16-13-8-3-4-9-14(13)17(23)20(2)19-16/h3-4,8-9,12H,5-7,10-11H2,1-2H3/t12-/m0/s1. The molecule has 7 nitrogen and oxygen atoms in total. The van der Waals surface area contributed by atoms with Crippen LogP contribution in [0.15, 0.2) is 29.1 Å². The number of aromatic nitrogens is 2. The fourth-order valence-electron chi connectivity index (χ4n) is 3.20. The number of nitrogens with zero attached hydrogens (tertiary/aromatic N) is 3. The zero-order valence-corrected chi connectivity index (χ0v) is 14.4. The van der Waals surface area contributed by atoms with E-state index in [0.29, 0.717) is 17.3 Å². The molecule has 7 heteroatoms. The van der Waals surface area contributed by atoms with Gasteiger partial charge in [-0.3, -0.25) is 9.59 Å². The Balaban J connectivity index is 1.78. The molecule has 25 heavy (non-hydrogen) atoms. The molecular formula is C18H21N3O4. The van der Waals surface area contributed by atoms with Gasteiger partial charge in [-0.05, 0) is 32.3 Å². The molecule has 0 radical (unpaired) electrons. The summed E-state index contributed by atoms with van der Waals surface area (Å²) in [6, 6.07) is 6.89. The molecule has 1 aromatic heterocycles. The Kier molecular flexibility index (Phi) is 4.83. The van der Waals surface area contributed by atoms with Crippen LogP contribution in [0, 0.1) is 0 Å². The average molecular weight is 343 g/mol. The molecule has 0 spiro atoms. The van der Waals surface area contributed by atoms with Crippen molar-refractivity contribution < 1.29 is 14.3 Å². The lowest BCUT2D eigenvalue weighted by Gasteiger charge is -2.33. The van der Waals surface area contributed by atoms with Crippen LogP contribution < -0.4 is 5.56 Å². The number of benzene rings is 1. The van der Waals surface area contributed by atoms with Gasteiger partial charge in [0.05, 0.1) is 5.39 Å². The Morgan fingerprint density at radius 1 is 1.24 bits per heavy atom. The van der Waals surface area contributed by atoms with Crippen molar-refractivity contribution in [2.24, 2.45) is 7.05 Å². The first-order valence-corrected chi connectivity index (χ1v) is 8.41. The van der Waals surface area contributed by atoms with E-state index in [1.165, 1.54) is 7.05 Å². The summed E-state index contributed by atoms with van der Waals surface area (Å²) < 4.78 is 6.29. The van der Waals surface area contributed by atoms with Crippen molar-refractivity contribution in [2.45, 2.75) is 32.2 Å². The average Bonchev–Trinajstić information content (AvgIpc) is 2.63. The molecular weight excluding hydrogens is 322 g/mol. The van der Waals surface area contributed by atoms with Crippen LogP contribution in [0.2, 0.25) is 0 Å². The summed E-state index contributed by atoms with van der Waals surface area (Å²) in [4.78, 5) is 38.6. The maximum Gasteiger partial charge on any atom is 0.359 e. The van der Waals surface area contributed by atoms with Gasteiger partial charge in [0.2, 0.25) is 0 Å². The number of carbonyl (C=O) groups excluding carboxylic acids is 2. The van der Waals surface area contributed by atoms with Crippen molar-refractivity contribution in [1.82, 2.24) is 14.7 Å². The Labute approximate surface area is 145 Å². The van der Waals surface area contributed by atoms with Crippen molar-refractivity contribution in [3.05, 3.63) is 40.3 Å². The summed E-state index contributed by atoms with van der Waals surface area (Å²) in [6.07, 6.45) is 3.04. The quantitative estimate of drug-likeness (QED) is 0.789. The lowest BCUT2D eigenvalue weighted by atomic mass is 10.0. The van der Waals surface area contributed by atoms with Crippen LogP contribution >= 0.6 is 0 Å². The summed E-state index contributed by atoms with van der Waals surface area (Å²) in [5, 5.41) is 4.83. The molecule has 0 unspecified atom stereocenters. The minimum Gasteiger partial charge on any atom is -0.451 e. The first kappa shape index (κ1) is 17.1. The molecule has 1 fully saturated rings. The third-order valence-corrected chi connectivity index (χ3v) is 4.60. The number of fused-ring (bicyclic) bond motifs is 1. The number of hydrogen-bond acceptors (Lipinski definition) is 5. The van der Waals surface area contributed by atoms with E-state index < -0.39 is 5.97 Å². The van der Waals surface area contributed by atoms with E-state index in [1.807, 2.05) is 6.92 Å². The number of rotatable bonds is 3. The van der Waals surface area contributed by atoms with Crippen molar-refractivity contribution in [2.75, 3.05) is 13.2 Å². The zero-order valence-electron chi connectivity index (χ0n) is 14.4. The highest BCUT2D eigenvalue weighted by Gasteiger charge is 2.25. The normalized spacial score (nSPS) is 17.5. The topological polar surface area (TPSA) is 81.5 Å². The van der Waals surface area contributed by atoms with Crippen LogP contribution in [-0.4, -0.2) is 45.8 Å². The number of piperidine rings is 1. The number of carbonyl (C=O) groups is 2. The molecule has 1 saturated heterocycles. The molecule has 0 aliphatic carbocycles. The van der Waals surface area contributed by atoms with Crippen molar-refractivity contribution in [3.63, 3.8) is 0 Å². The van der Waals surface area contributed by atoms with Crippen LogP contribution in [0.1, 0.15) is 36.7 Å². The second kappa shape index (κ2) is 7.04. The van der Waals surface area contributed by atoms with E-state index in [1.54, 1.807) is 29.2 Å². The number of ether oxygens (including phenoxy) is 1. The van der Waals surface area contributed by atoms with Crippen molar-refractivity contribution in [3.8, 4) is 0 Å². The van der Waals surface area contributed by atoms with Gasteiger partial charge in [0, 0.05) is 25.0 Å². The predicted molar refractivity (Wildman–Crippen MR) is 92.3 cm³/mol. The van der Waals surface area contributed by atoms with Gasteiger partial charge in [0.15, 0.2) is 12.3 Å². The van der Waals surface area contributed by atoms with Gasteiger partial charge in [0.25, 0.3) is 11.5 Å². The SMILES string of the molecule is C[C@H]1CCCCN1C(=O)COC(=O)c1nn(C)c(=O)c2ccccc12. The number of likely N-dealkylation sites (tertiary alicyclic amines) is 1. The number of esters is 1. The molecule has 1 amide bonds. The highest BCUT2D eigenvalue weighted by molar-refractivity contribution is 6.02. The van der Waals surface area contributed by atoms with Crippen LogP contribution in [0.25, 0.3) is 10.8 Å². The highest BCUT2D eigenvalue weighted by atomic mass is 16.5. The molecule has 2 aromatic rings. The van der Waals surface area contributed by atoms with Gasteiger partial charge in [-0.25, -0.2) is 9.48 Å². The Morgan fingerprint density at radius 2 is 1.96 bits per heavy atom. The second-order valence-corrected chi connectivity index (χ2v) is 6.33. The van der Waals surface area contributed by atoms with Crippen molar-refractivity contribution >= 4 is 22.6 Å². The zero-order chi connectivity index (χ0) is 18.0. The number of hydrogen-bond donors (Lipinski definition) is 0. The fourth-order valence-corrected chi connectivity index (χ4v) is 3.20. The Bertz CT molecular complexity index is 874. The molecule has 3 rings (SSSR count). The highest BCUT2D eigenvalue weighted by Crippen LogP contribution is 2.17. The Morgan fingerprint density at radius 3 is 2.68 bits per heavy atom. The first-order valence-electron chi connectivity index (χ1n) is 8.41. The van der Waals surface area contributed by atoms with E-state index in [4.69, 9.17) is 4.74 Å². The van der Waals surface area contributed by atoms with Crippen molar-refractivity contribution in [1.29, 1.82) is 0 Å². The summed E-state index contributed by atoms with van der Waals surface area (Å²) in [6.45, 7) is 2.38. The number of aryl methyl sites for hydroxylation is 1. The predicted octanol–water partition coefficient (Wildman–Crippen LogP) is 1.49. The largest absolute Gasteiger partial charge is 0.451 e. The van der Waals surface area contributed by atoms with Crippen LogP contribution in [0.4, 0.5) is 0 Å². The molecule has 0 N–H and O–H groups in total. The molecule has 1 aliphatic rings. The van der Waals surface area contributed by atoms with Crippen LogP contribution in [0.3, 0.4) is 0 Å². The van der Waals surface area contributed by atoms with E-state index in [2.05, 4.69) is 5.10 Å².